The second kappa shape index (κ2) is 9.85. The van der Waals surface area contributed by atoms with Crippen LogP contribution in [0.5, 0.6) is 11.6 Å². The molecule has 0 radical (unpaired) electrons. The summed E-state index contributed by atoms with van der Waals surface area (Å²) < 4.78 is 13.0. The summed E-state index contributed by atoms with van der Waals surface area (Å²) >= 11 is 0.949. The molecule has 3 aromatic rings. The number of nitrogens with one attached hydrogen (secondary N) is 4. The zero-order chi connectivity index (χ0) is 25.1. The van der Waals surface area contributed by atoms with Gasteiger partial charge in [-0.3, -0.25) is 24.4 Å². The maximum absolute atomic E-state index is 13.0. The molecule has 0 saturated carbocycles. The Balaban J connectivity index is 1.58. The number of hydrogen-bond acceptors (Lipinski definition) is 8. The van der Waals surface area contributed by atoms with E-state index in [1.165, 1.54) is 48.5 Å². The molecule has 11 nitrogen and oxygen atoms in total. The molecule has 2 heterocycles. The Bertz CT molecular complexity index is 1420. The minimum absolute atomic E-state index is 0.0458. The number of thioether (sulfide) groups is 1. The topological polar surface area (TPSA) is 177 Å². The van der Waals surface area contributed by atoms with Crippen LogP contribution < -0.4 is 21.9 Å². The van der Waals surface area contributed by atoms with Crippen molar-refractivity contribution in [1.82, 2.24) is 15.3 Å². The number of phenols is 1. The van der Waals surface area contributed by atoms with Gasteiger partial charge in [-0.25, -0.2) is 14.2 Å². The summed E-state index contributed by atoms with van der Waals surface area (Å²) in [5.74, 6) is -2.17. The molecule has 35 heavy (non-hydrogen) atoms. The first-order valence-electron chi connectivity index (χ1n) is 10.1. The minimum atomic E-state index is -1.16. The van der Waals surface area contributed by atoms with Gasteiger partial charge in [0.25, 0.3) is 5.56 Å². The van der Waals surface area contributed by atoms with Crippen LogP contribution in [0.3, 0.4) is 0 Å². The fraction of sp³-hybridized carbons (Fsp3) is 0.136. The van der Waals surface area contributed by atoms with E-state index < -0.39 is 46.1 Å². The number of rotatable bonds is 6. The molecular weight excluding hydrogens is 481 g/mol. The smallest absolute Gasteiger partial charge is 0.328 e. The average molecular weight is 499 g/mol. The van der Waals surface area contributed by atoms with E-state index in [0.29, 0.717) is 11.3 Å². The number of aromatic amines is 2. The van der Waals surface area contributed by atoms with Gasteiger partial charge in [0.05, 0.1) is 0 Å². The Hall–Kier alpha value is -4.39. The fourth-order valence-corrected chi connectivity index (χ4v) is 4.33. The predicted octanol–water partition coefficient (Wildman–Crippen LogP) is 1.32. The van der Waals surface area contributed by atoms with E-state index in [0.717, 1.165) is 11.8 Å². The molecule has 2 atom stereocenters. The van der Waals surface area contributed by atoms with Crippen molar-refractivity contribution in [1.29, 1.82) is 0 Å². The molecule has 4 rings (SSSR count). The highest BCUT2D eigenvalue weighted by atomic mass is 32.2. The van der Waals surface area contributed by atoms with Crippen LogP contribution in [0.25, 0.3) is 0 Å². The van der Waals surface area contributed by atoms with E-state index in [4.69, 9.17) is 0 Å². The third-order valence-electron chi connectivity index (χ3n) is 4.96. The Kier molecular flexibility index (Phi) is 6.68. The van der Waals surface area contributed by atoms with Gasteiger partial charge in [-0.2, -0.15) is 0 Å². The molecule has 0 aliphatic carbocycles. The maximum atomic E-state index is 13.0. The first-order valence-corrected chi connectivity index (χ1v) is 11.0. The van der Waals surface area contributed by atoms with Gasteiger partial charge in [0, 0.05) is 12.1 Å². The number of anilines is 1. The van der Waals surface area contributed by atoms with Gasteiger partial charge in [0.15, 0.2) is 5.17 Å². The lowest BCUT2D eigenvalue weighted by Crippen LogP contribution is -2.29. The highest BCUT2D eigenvalue weighted by Crippen LogP contribution is 2.32. The summed E-state index contributed by atoms with van der Waals surface area (Å²) in [4.78, 5) is 57.3. The maximum Gasteiger partial charge on any atom is 0.328 e. The van der Waals surface area contributed by atoms with Crippen molar-refractivity contribution >= 4 is 34.4 Å². The summed E-state index contributed by atoms with van der Waals surface area (Å²) in [5.41, 5.74) is -1.35. The number of amides is 2. The van der Waals surface area contributed by atoms with Gasteiger partial charge in [0.2, 0.25) is 17.7 Å². The van der Waals surface area contributed by atoms with Crippen LogP contribution in [0, 0.1) is 5.82 Å². The Morgan fingerprint density at radius 2 is 1.74 bits per heavy atom. The van der Waals surface area contributed by atoms with Crippen LogP contribution in [0.4, 0.5) is 10.1 Å². The monoisotopic (exact) mass is 499 g/mol. The van der Waals surface area contributed by atoms with E-state index in [9.17, 15) is 33.8 Å². The fourth-order valence-electron chi connectivity index (χ4n) is 3.33. The third-order valence-corrected chi connectivity index (χ3v) is 6.06. The molecule has 2 amide bonds. The molecular formula is C22H18FN5O6S. The van der Waals surface area contributed by atoms with Gasteiger partial charge < -0.3 is 20.8 Å². The van der Waals surface area contributed by atoms with Crippen LogP contribution in [0.15, 0.2) is 63.1 Å². The van der Waals surface area contributed by atoms with Crippen molar-refractivity contribution in [2.75, 3.05) is 5.32 Å². The SMILES string of the molecule is O=C(C[C@@H]1SC(=N[C@@H](c2ccc(O)cc2)c2c(O)[nH]c(=O)[nH]c2=O)NC1=O)Nc1ccc(F)cc1. The third kappa shape index (κ3) is 5.58. The van der Waals surface area contributed by atoms with Crippen molar-refractivity contribution in [2.45, 2.75) is 17.7 Å². The Morgan fingerprint density at radius 1 is 1.06 bits per heavy atom. The van der Waals surface area contributed by atoms with Gasteiger partial charge in [0.1, 0.15) is 28.4 Å². The zero-order valence-corrected chi connectivity index (χ0v) is 18.6. The van der Waals surface area contributed by atoms with Crippen LogP contribution in [0.2, 0.25) is 0 Å². The first kappa shape index (κ1) is 23.8. The number of aromatic hydroxyl groups is 2. The molecule has 1 aliphatic rings. The Labute approximate surface area is 200 Å². The molecule has 180 valence electrons. The van der Waals surface area contributed by atoms with Crippen molar-refractivity contribution in [3.05, 3.63) is 86.3 Å². The lowest BCUT2D eigenvalue weighted by molar-refractivity contribution is -0.122. The lowest BCUT2D eigenvalue weighted by atomic mass is 10.0. The molecule has 0 spiro atoms. The van der Waals surface area contributed by atoms with Crippen molar-refractivity contribution in [3.8, 4) is 11.6 Å². The van der Waals surface area contributed by atoms with E-state index in [1.54, 1.807) is 0 Å². The Morgan fingerprint density at radius 3 is 2.40 bits per heavy atom. The van der Waals surface area contributed by atoms with E-state index in [1.807, 2.05) is 4.98 Å². The number of aromatic nitrogens is 2. The largest absolute Gasteiger partial charge is 0.508 e. The first-order chi connectivity index (χ1) is 16.7. The molecule has 2 aromatic carbocycles. The molecule has 13 heteroatoms. The van der Waals surface area contributed by atoms with Gasteiger partial charge in [-0.15, -0.1) is 0 Å². The number of phenolic OH excluding ortho intramolecular Hbond substituents is 1. The standard InChI is InChI=1S/C22H18FN5O6S/c23-11-3-5-12(6-4-11)24-15(30)9-14-18(31)28-22(35-14)25-17(10-1-7-13(29)8-2-10)16-19(32)26-21(34)27-20(16)33/h1-8,14,17,29H,9H2,(H,24,30)(H,25,28,31)(H3,26,27,32,33,34)/t14-,17-/m0/s1. The molecule has 1 saturated heterocycles. The quantitative estimate of drug-likeness (QED) is 0.296. The molecule has 6 N–H and O–H groups in total. The van der Waals surface area contributed by atoms with Crippen molar-refractivity contribution in [2.24, 2.45) is 4.99 Å². The molecule has 1 fully saturated rings. The number of aliphatic imine (C=N–C) groups is 1. The van der Waals surface area contributed by atoms with Crippen LogP contribution in [-0.2, 0) is 9.59 Å². The number of carbonyl (C=O) groups is 2. The van der Waals surface area contributed by atoms with E-state index in [-0.39, 0.29) is 22.9 Å². The number of hydrogen-bond donors (Lipinski definition) is 6. The highest BCUT2D eigenvalue weighted by molar-refractivity contribution is 8.15. The molecule has 0 bridgehead atoms. The summed E-state index contributed by atoms with van der Waals surface area (Å²) in [6.07, 6.45) is -0.207. The number of H-pyrrole nitrogens is 2. The van der Waals surface area contributed by atoms with Crippen molar-refractivity contribution < 1.29 is 24.2 Å². The average Bonchev–Trinajstić information content (AvgIpc) is 3.13. The van der Waals surface area contributed by atoms with E-state index in [2.05, 4.69) is 20.6 Å². The highest BCUT2D eigenvalue weighted by Gasteiger charge is 2.33. The minimum Gasteiger partial charge on any atom is -0.508 e. The number of halogens is 1. The number of amidine groups is 1. The molecule has 1 aliphatic heterocycles. The van der Waals surface area contributed by atoms with Crippen LogP contribution in [0.1, 0.15) is 23.6 Å². The zero-order valence-electron chi connectivity index (χ0n) is 17.7. The van der Waals surface area contributed by atoms with Crippen molar-refractivity contribution in [3.63, 3.8) is 0 Å². The summed E-state index contributed by atoms with van der Waals surface area (Å²) in [7, 11) is 0. The second-order valence-corrected chi connectivity index (χ2v) is 8.65. The second-order valence-electron chi connectivity index (χ2n) is 7.45. The summed E-state index contributed by atoms with van der Waals surface area (Å²) in [6, 6.07) is 9.61. The number of benzene rings is 2. The summed E-state index contributed by atoms with van der Waals surface area (Å²) in [6.45, 7) is 0. The van der Waals surface area contributed by atoms with Crippen LogP contribution in [-0.4, -0.2) is 42.4 Å². The van der Waals surface area contributed by atoms with Crippen LogP contribution >= 0.6 is 11.8 Å². The lowest BCUT2D eigenvalue weighted by Gasteiger charge is -2.14. The number of carbonyl (C=O) groups excluding carboxylic acids is 2. The predicted molar refractivity (Wildman–Crippen MR) is 126 cm³/mol. The van der Waals surface area contributed by atoms with Gasteiger partial charge in [-0.1, -0.05) is 23.9 Å². The molecule has 1 aromatic heterocycles. The number of nitrogens with zero attached hydrogens (tertiary/aromatic N) is 1. The van der Waals surface area contributed by atoms with E-state index >= 15 is 0 Å². The normalized spacial score (nSPS) is 17.2. The summed E-state index contributed by atoms with van der Waals surface area (Å²) in [5, 5.41) is 24.2. The van der Waals surface area contributed by atoms with Gasteiger partial charge >= 0.3 is 5.69 Å². The van der Waals surface area contributed by atoms with Gasteiger partial charge in [-0.05, 0) is 42.0 Å². The molecule has 0 unspecified atom stereocenters.